The van der Waals surface area contributed by atoms with Gasteiger partial charge in [-0.25, -0.2) is 0 Å². The highest BCUT2D eigenvalue weighted by atomic mass is 16.5. The summed E-state index contributed by atoms with van der Waals surface area (Å²) in [6, 6.07) is 12.8. The molecule has 1 heterocycles. The number of ether oxygens (including phenoxy) is 1. The maximum Gasteiger partial charge on any atom is 0.120 e. The maximum absolute atomic E-state index is 5.90. The molecule has 0 aliphatic heterocycles. The van der Waals surface area contributed by atoms with E-state index in [1.54, 1.807) is 0 Å². The molecule has 0 radical (unpaired) electrons. The van der Waals surface area contributed by atoms with Gasteiger partial charge in [0.2, 0.25) is 0 Å². The van der Waals surface area contributed by atoms with E-state index in [1.807, 2.05) is 27.0 Å². The molecule has 0 amide bonds. The van der Waals surface area contributed by atoms with E-state index in [0.29, 0.717) is 6.10 Å². The SMILES string of the molecule is CNC(c1cccc(OC2CC2)c1)c1cc(C)nc(C)c1. The van der Waals surface area contributed by atoms with Gasteiger partial charge in [-0.05, 0) is 69.1 Å². The summed E-state index contributed by atoms with van der Waals surface area (Å²) in [5, 5.41) is 3.40. The molecule has 3 heteroatoms. The van der Waals surface area contributed by atoms with Gasteiger partial charge in [0.15, 0.2) is 0 Å². The van der Waals surface area contributed by atoms with Gasteiger partial charge < -0.3 is 10.1 Å². The van der Waals surface area contributed by atoms with Crippen LogP contribution in [0.15, 0.2) is 36.4 Å². The van der Waals surface area contributed by atoms with Gasteiger partial charge in [-0.15, -0.1) is 0 Å². The number of nitrogens with one attached hydrogen (secondary N) is 1. The quantitative estimate of drug-likeness (QED) is 0.910. The molecule has 0 saturated heterocycles. The number of hydrogen-bond donors (Lipinski definition) is 1. The molecule has 2 aromatic rings. The fourth-order valence-corrected chi connectivity index (χ4v) is 2.71. The number of aryl methyl sites for hydroxylation is 2. The summed E-state index contributed by atoms with van der Waals surface area (Å²) in [5.74, 6) is 0.970. The van der Waals surface area contributed by atoms with Gasteiger partial charge in [-0.2, -0.15) is 0 Å². The first kappa shape index (κ1) is 14.1. The Morgan fingerprint density at radius 2 is 1.81 bits per heavy atom. The van der Waals surface area contributed by atoms with Crippen molar-refractivity contribution in [1.82, 2.24) is 10.3 Å². The van der Waals surface area contributed by atoms with Crippen LogP contribution in [0.2, 0.25) is 0 Å². The molecule has 1 atom stereocenters. The lowest BCUT2D eigenvalue weighted by Gasteiger charge is -2.19. The van der Waals surface area contributed by atoms with E-state index in [1.165, 1.54) is 24.0 Å². The smallest absolute Gasteiger partial charge is 0.120 e. The Hall–Kier alpha value is -1.87. The van der Waals surface area contributed by atoms with Gasteiger partial charge >= 0.3 is 0 Å². The lowest BCUT2D eigenvalue weighted by atomic mass is 9.98. The second-order valence-corrected chi connectivity index (χ2v) is 5.79. The van der Waals surface area contributed by atoms with Crippen molar-refractivity contribution in [1.29, 1.82) is 0 Å². The third-order valence-corrected chi connectivity index (χ3v) is 3.74. The minimum Gasteiger partial charge on any atom is -0.490 e. The zero-order valence-electron chi connectivity index (χ0n) is 12.9. The predicted molar refractivity (Wildman–Crippen MR) is 84.7 cm³/mol. The third-order valence-electron chi connectivity index (χ3n) is 3.74. The van der Waals surface area contributed by atoms with Crippen molar-refractivity contribution in [3.63, 3.8) is 0 Å². The van der Waals surface area contributed by atoms with Crippen LogP contribution in [0, 0.1) is 13.8 Å². The highest BCUT2D eigenvalue weighted by molar-refractivity contribution is 5.37. The summed E-state index contributed by atoms with van der Waals surface area (Å²) < 4.78 is 5.90. The minimum atomic E-state index is 0.160. The van der Waals surface area contributed by atoms with Gasteiger partial charge in [-0.3, -0.25) is 4.98 Å². The van der Waals surface area contributed by atoms with E-state index in [-0.39, 0.29) is 6.04 Å². The number of nitrogens with zero attached hydrogens (tertiary/aromatic N) is 1. The third kappa shape index (κ3) is 3.42. The molecule has 3 nitrogen and oxygen atoms in total. The van der Waals surface area contributed by atoms with Crippen LogP contribution in [-0.2, 0) is 0 Å². The summed E-state index contributed by atoms with van der Waals surface area (Å²) in [6.07, 6.45) is 2.80. The van der Waals surface area contributed by atoms with Crippen LogP contribution in [0.3, 0.4) is 0 Å². The molecule has 1 fully saturated rings. The summed E-state index contributed by atoms with van der Waals surface area (Å²) >= 11 is 0. The number of rotatable bonds is 5. The Balaban J connectivity index is 1.91. The Bertz CT molecular complexity index is 615. The lowest BCUT2D eigenvalue weighted by molar-refractivity contribution is 0.302. The Kier molecular flexibility index (Phi) is 3.93. The van der Waals surface area contributed by atoms with Crippen molar-refractivity contribution < 1.29 is 4.74 Å². The summed E-state index contributed by atoms with van der Waals surface area (Å²) in [5.41, 5.74) is 4.57. The monoisotopic (exact) mass is 282 g/mol. The van der Waals surface area contributed by atoms with E-state index in [0.717, 1.165) is 17.1 Å². The molecule has 0 bridgehead atoms. The molecular formula is C18H22N2O. The van der Waals surface area contributed by atoms with E-state index < -0.39 is 0 Å². The second kappa shape index (κ2) is 5.86. The molecule has 1 aliphatic carbocycles. The molecule has 21 heavy (non-hydrogen) atoms. The van der Waals surface area contributed by atoms with Crippen molar-refractivity contribution in [2.24, 2.45) is 0 Å². The van der Waals surface area contributed by atoms with E-state index in [2.05, 4.69) is 40.6 Å². The first-order chi connectivity index (χ1) is 10.2. The summed E-state index contributed by atoms with van der Waals surface area (Å²) in [6.45, 7) is 4.08. The van der Waals surface area contributed by atoms with Gasteiger partial charge in [-0.1, -0.05) is 12.1 Å². The number of hydrogen-bond acceptors (Lipinski definition) is 3. The molecule has 3 rings (SSSR count). The number of benzene rings is 1. The number of aromatic nitrogens is 1. The number of pyridine rings is 1. The Labute approximate surface area is 126 Å². The fourth-order valence-electron chi connectivity index (χ4n) is 2.71. The van der Waals surface area contributed by atoms with Crippen LogP contribution in [0.4, 0.5) is 0 Å². The fraction of sp³-hybridized carbons (Fsp3) is 0.389. The molecule has 1 aliphatic rings. The van der Waals surface area contributed by atoms with Gasteiger partial charge in [0, 0.05) is 11.4 Å². The standard InChI is InChI=1S/C18H22N2O/c1-12-9-15(10-13(2)20-12)18(19-3)14-5-4-6-17(11-14)21-16-7-8-16/h4-6,9-11,16,18-19H,7-8H2,1-3H3. The highest BCUT2D eigenvalue weighted by Gasteiger charge is 2.24. The molecular weight excluding hydrogens is 260 g/mol. The van der Waals surface area contributed by atoms with Crippen molar-refractivity contribution in [2.75, 3.05) is 7.05 Å². The van der Waals surface area contributed by atoms with Crippen molar-refractivity contribution in [3.05, 3.63) is 58.9 Å². The molecule has 1 aromatic heterocycles. The van der Waals surface area contributed by atoms with Gasteiger partial charge in [0.25, 0.3) is 0 Å². The maximum atomic E-state index is 5.90. The van der Waals surface area contributed by atoms with Gasteiger partial charge in [0.05, 0.1) is 12.1 Å². The summed E-state index contributed by atoms with van der Waals surface area (Å²) in [4.78, 5) is 4.46. The van der Waals surface area contributed by atoms with Crippen molar-refractivity contribution in [3.8, 4) is 5.75 Å². The lowest BCUT2D eigenvalue weighted by Crippen LogP contribution is -2.18. The average Bonchev–Trinajstić information content (AvgIpc) is 3.23. The predicted octanol–water partition coefficient (Wildman–Crippen LogP) is 3.55. The Morgan fingerprint density at radius 3 is 2.43 bits per heavy atom. The minimum absolute atomic E-state index is 0.160. The zero-order valence-corrected chi connectivity index (χ0v) is 12.9. The molecule has 1 N–H and O–H groups in total. The topological polar surface area (TPSA) is 34.1 Å². The van der Waals surface area contributed by atoms with E-state index >= 15 is 0 Å². The highest BCUT2D eigenvalue weighted by Crippen LogP contribution is 2.30. The van der Waals surface area contributed by atoms with Crippen molar-refractivity contribution >= 4 is 0 Å². The molecule has 110 valence electrons. The normalized spacial score (nSPS) is 15.8. The first-order valence-electron chi connectivity index (χ1n) is 7.55. The largest absolute Gasteiger partial charge is 0.490 e. The van der Waals surface area contributed by atoms with Crippen LogP contribution >= 0.6 is 0 Å². The van der Waals surface area contributed by atoms with Crippen molar-refractivity contribution in [2.45, 2.75) is 38.8 Å². The van der Waals surface area contributed by atoms with Gasteiger partial charge in [0.1, 0.15) is 5.75 Å². The van der Waals surface area contributed by atoms with Crippen LogP contribution in [0.25, 0.3) is 0 Å². The molecule has 1 aromatic carbocycles. The van der Waals surface area contributed by atoms with Crippen LogP contribution in [0.1, 0.15) is 41.4 Å². The molecule has 1 unspecified atom stereocenters. The van der Waals surface area contributed by atoms with Crippen LogP contribution in [-0.4, -0.2) is 18.1 Å². The van der Waals surface area contributed by atoms with Crippen LogP contribution in [0.5, 0.6) is 5.75 Å². The first-order valence-corrected chi connectivity index (χ1v) is 7.55. The summed E-state index contributed by atoms with van der Waals surface area (Å²) in [7, 11) is 1.99. The van der Waals surface area contributed by atoms with E-state index in [9.17, 15) is 0 Å². The zero-order chi connectivity index (χ0) is 14.8. The Morgan fingerprint density at radius 1 is 1.10 bits per heavy atom. The molecule has 1 saturated carbocycles. The van der Waals surface area contributed by atoms with Crippen LogP contribution < -0.4 is 10.1 Å². The van der Waals surface area contributed by atoms with E-state index in [4.69, 9.17) is 4.74 Å². The average molecular weight is 282 g/mol. The second-order valence-electron chi connectivity index (χ2n) is 5.79. The molecule has 0 spiro atoms.